The molecule has 0 bridgehead atoms. The molecule has 1 aromatic rings. The Balaban J connectivity index is 2.12. The van der Waals surface area contributed by atoms with Crippen LogP contribution in [0.5, 0.6) is 0 Å². The molecule has 0 spiro atoms. The van der Waals surface area contributed by atoms with Gasteiger partial charge in [-0.2, -0.15) is 0 Å². The number of halogens is 2. The molecular formula is C14H13F2NO. The van der Waals surface area contributed by atoms with Gasteiger partial charge in [0.05, 0.1) is 0 Å². The number of benzene rings is 1. The molecule has 18 heavy (non-hydrogen) atoms. The molecule has 0 unspecified atom stereocenters. The summed E-state index contributed by atoms with van der Waals surface area (Å²) in [7, 11) is 0. The highest BCUT2D eigenvalue weighted by Crippen LogP contribution is 2.48. The van der Waals surface area contributed by atoms with Crippen LogP contribution in [0, 0.1) is 23.5 Å². The van der Waals surface area contributed by atoms with Gasteiger partial charge in [-0.3, -0.25) is 4.79 Å². The van der Waals surface area contributed by atoms with Gasteiger partial charge in [0.2, 0.25) is 0 Å². The Morgan fingerprint density at radius 2 is 2.17 bits per heavy atom. The van der Waals surface area contributed by atoms with E-state index in [2.05, 4.69) is 17.2 Å². The number of amides is 1. The minimum atomic E-state index is -0.862. The van der Waals surface area contributed by atoms with E-state index in [9.17, 15) is 13.6 Å². The summed E-state index contributed by atoms with van der Waals surface area (Å²) in [6.07, 6.45) is 0.704. The molecule has 0 aliphatic heterocycles. The van der Waals surface area contributed by atoms with E-state index in [1.54, 1.807) is 13.0 Å². The SMILES string of the molecule is CC#CC(=O)N[C@H]1C[C@]1(C)c1ccc(F)c(F)c1. The third kappa shape index (κ3) is 2.21. The normalized spacial score (nSPS) is 25.0. The fourth-order valence-electron chi connectivity index (χ4n) is 2.05. The second-order valence-corrected chi connectivity index (χ2v) is 4.65. The number of rotatable bonds is 2. The molecular weight excluding hydrogens is 236 g/mol. The molecule has 1 aromatic carbocycles. The Morgan fingerprint density at radius 3 is 2.78 bits per heavy atom. The molecule has 1 aliphatic rings. The standard InChI is InChI=1S/C14H13F2NO/c1-3-4-13(18)17-12-8-14(12,2)9-5-6-10(15)11(16)7-9/h5-7,12H,8H2,1-2H3,(H,17,18)/t12-,14+/m0/s1. The van der Waals surface area contributed by atoms with Crippen molar-refractivity contribution in [3.8, 4) is 11.8 Å². The molecule has 1 amide bonds. The van der Waals surface area contributed by atoms with Gasteiger partial charge in [0.1, 0.15) is 0 Å². The Labute approximate surface area is 104 Å². The van der Waals surface area contributed by atoms with Crippen LogP contribution in [0.1, 0.15) is 25.8 Å². The van der Waals surface area contributed by atoms with Gasteiger partial charge in [0.15, 0.2) is 11.6 Å². The van der Waals surface area contributed by atoms with Crippen molar-refractivity contribution in [2.75, 3.05) is 0 Å². The molecule has 1 fully saturated rings. The quantitative estimate of drug-likeness (QED) is 0.799. The highest BCUT2D eigenvalue weighted by molar-refractivity contribution is 5.94. The smallest absolute Gasteiger partial charge is 0.296 e. The van der Waals surface area contributed by atoms with Crippen molar-refractivity contribution in [2.45, 2.75) is 31.7 Å². The van der Waals surface area contributed by atoms with E-state index < -0.39 is 11.6 Å². The molecule has 1 saturated carbocycles. The predicted octanol–water partition coefficient (Wildman–Crippen LogP) is 2.13. The van der Waals surface area contributed by atoms with E-state index in [1.165, 1.54) is 6.07 Å². The van der Waals surface area contributed by atoms with E-state index in [1.807, 2.05) is 6.92 Å². The topological polar surface area (TPSA) is 29.1 Å². The largest absolute Gasteiger partial charge is 0.342 e. The minimum Gasteiger partial charge on any atom is -0.342 e. The van der Waals surface area contributed by atoms with Crippen LogP contribution in [-0.2, 0) is 10.2 Å². The van der Waals surface area contributed by atoms with Crippen molar-refractivity contribution >= 4 is 5.91 Å². The van der Waals surface area contributed by atoms with Gasteiger partial charge in [-0.05, 0) is 37.0 Å². The molecule has 0 heterocycles. The minimum absolute atomic E-state index is 0.0734. The van der Waals surface area contributed by atoms with E-state index in [4.69, 9.17) is 0 Å². The van der Waals surface area contributed by atoms with Gasteiger partial charge in [-0.15, -0.1) is 0 Å². The zero-order chi connectivity index (χ0) is 13.3. The number of carbonyl (C=O) groups is 1. The Kier molecular flexibility index (Phi) is 3.08. The highest BCUT2D eigenvalue weighted by atomic mass is 19.2. The summed E-state index contributed by atoms with van der Waals surface area (Å²) < 4.78 is 26.0. The third-order valence-electron chi connectivity index (χ3n) is 3.36. The lowest BCUT2D eigenvalue weighted by molar-refractivity contribution is -0.115. The summed E-state index contributed by atoms with van der Waals surface area (Å²) in [6.45, 7) is 3.49. The highest BCUT2D eigenvalue weighted by Gasteiger charge is 2.52. The summed E-state index contributed by atoms with van der Waals surface area (Å²) >= 11 is 0. The van der Waals surface area contributed by atoms with E-state index in [-0.39, 0.29) is 17.4 Å². The van der Waals surface area contributed by atoms with Gasteiger partial charge >= 0.3 is 0 Å². The second kappa shape index (κ2) is 4.41. The first-order valence-corrected chi connectivity index (χ1v) is 5.66. The lowest BCUT2D eigenvalue weighted by Crippen LogP contribution is -2.29. The van der Waals surface area contributed by atoms with Crippen molar-refractivity contribution < 1.29 is 13.6 Å². The van der Waals surface area contributed by atoms with Crippen LogP contribution in [0.25, 0.3) is 0 Å². The van der Waals surface area contributed by atoms with Gasteiger partial charge in [0, 0.05) is 11.5 Å². The fourth-order valence-corrected chi connectivity index (χ4v) is 2.05. The van der Waals surface area contributed by atoms with Crippen LogP contribution in [0.4, 0.5) is 8.78 Å². The Morgan fingerprint density at radius 1 is 1.44 bits per heavy atom. The van der Waals surface area contributed by atoms with Crippen LogP contribution >= 0.6 is 0 Å². The maximum absolute atomic E-state index is 13.2. The average molecular weight is 249 g/mol. The molecule has 2 atom stereocenters. The van der Waals surface area contributed by atoms with Crippen LogP contribution in [-0.4, -0.2) is 11.9 Å². The van der Waals surface area contributed by atoms with Crippen molar-refractivity contribution in [1.29, 1.82) is 0 Å². The van der Waals surface area contributed by atoms with Crippen LogP contribution in [0.15, 0.2) is 18.2 Å². The van der Waals surface area contributed by atoms with E-state index in [0.717, 1.165) is 6.07 Å². The number of hydrogen-bond donors (Lipinski definition) is 1. The fraction of sp³-hybridized carbons (Fsp3) is 0.357. The van der Waals surface area contributed by atoms with Crippen molar-refractivity contribution in [3.63, 3.8) is 0 Å². The molecule has 1 aliphatic carbocycles. The first-order valence-electron chi connectivity index (χ1n) is 5.66. The zero-order valence-electron chi connectivity index (χ0n) is 10.2. The molecule has 4 heteroatoms. The van der Waals surface area contributed by atoms with Gasteiger partial charge in [-0.1, -0.05) is 18.9 Å². The maximum Gasteiger partial charge on any atom is 0.296 e. The van der Waals surface area contributed by atoms with E-state index >= 15 is 0 Å². The van der Waals surface area contributed by atoms with Crippen molar-refractivity contribution in [1.82, 2.24) is 5.32 Å². The van der Waals surface area contributed by atoms with Crippen molar-refractivity contribution in [3.05, 3.63) is 35.4 Å². The average Bonchev–Trinajstić information content (AvgIpc) is 2.95. The molecule has 0 radical (unpaired) electrons. The van der Waals surface area contributed by atoms with E-state index in [0.29, 0.717) is 12.0 Å². The third-order valence-corrected chi connectivity index (χ3v) is 3.36. The summed E-state index contributed by atoms with van der Waals surface area (Å²) in [6, 6.07) is 3.78. The van der Waals surface area contributed by atoms with Gasteiger partial charge in [-0.25, -0.2) is 8.78 Å². The lowest BCUT2D eigenvalue weighted by Gasteiger charge is -2.12. The first-order chi connectivity index (χ1) is 8.47. The summed E-state index contributed by atoms with van der Waals surface area (Å²) in [5.74, 6) is 2.84. The van der Waals surface area contributed by atoms with Gasteiger partial charge < -0.3 is 5.32 Å². The monoisotopic (exact) mass is 249 g/mol. The maximum atomic E-state index is 13.2. The Bertz CT molecular complexity index is 559. The second-order valence-electron chi connectivity index (χ2n) is 4.65. The number of carbonyl (C=O) groups excluding carboxylic acids is 1. The lowest BCUT2D eigenvalue weighted by atomic mass is 9.97. The van der Waals surface area contributed by atoms with Crippen molar-refractivity contribution in [2.24, 2.45) is 0 Å². The molecule has 0 saturated heterocycles. The Hall–Kier alpha value is -1.89. The summed E-state index contributed by atoms with van der Waals surface area (Å²) in [5.41, 5.74) is 0.357. The number of nitrogens with one attached hydrogen (secondary N) is 1. The molecule has 2 nitrogen and oxygen atoms in total. The van der Waals surface area contributed by atoms with Crippen LogP contribution in [0.2, 0.25) is 0 Å². The van der Waals surface area contributed by atoms with Gasteiger partial charge in [0.25, 0.3) is 5.91 Å². The molecule has 0 aromatic heterocycles. The number of hydrogen-bond acceptors (Lipinski definition) is 1. The summed E-state index contributed by atoms with van der Waals surface area (Å²) in [5, 5.41) is 2.75. The molecule has 94 valence electrons. The molecule has 1 N–H and O–H groups in total. The zero-order valence-corrected chi connectivity index (χ0v) is 10.2. The van der Waals surface area contributed by atoms with Crippen LogP contribution < -0.4 is 5.32 Å². The predicted molar refractivity (Wildman–Crippen MR) is 63.7 cm³/mol. The van der Waals surface area contributed by atoms with Crippen LogP contribution in [0.3, 0.4) is 0 Å². The summed E-state index contributed by atoms with van der Waals surface area (Å²) in [4.78, 5) is 11.3. The molecule has 2 rings (SSSR count). The first kappa shape index (κ1) is 12.6.